The lowest BCUT2D eigenvalue weighted by Gasteiger charge is -2.04. The first-order valence-electron chi connectivity index (χ1n) is 6.44. The van der Waals surface area contributed by atoms with Crippen molar-refractivity contribution in [2.75, 3.05) is 14.2 Å². The largest absolute Gasteiger partial charge is 0.497 e. The van der Waals surface area contributed by atoms with E-state index in [9.17, 15) is 4.79 Å². The van der Waals surface area contributed by atoms with E-state index in [1.54, 1.807) is 19.2 Å². The highest BCUT2D eigenvalue weighted by Crippen LogP contribution is 2.26. The maximum atomic E-state index is 11.8. The number of H-pyrrole nitrogens is 1. The number of nitrogens with zero attached hydrogens (tertiary/aromatic N) is 1. The fourth-order valence-electron chi connectivity index (χ4n) is 2.22. The lowest BCUT2D eigenvalue weighted by atomic mass is 10.1. The summed E-state index contributed by atoms with van der Waals surface area (Å²) < 4.78 is 10.0. The third-order valence-electron chi connectivity index (χ3n) is 3.28. The Hall–Kier alpha value is -2.82. The van der Waals surface area contributed by atoms with E-state index in [2.05, 4.69) is 9.97 Å². The van der Waals surface area contributed by atoms with Gasteiger partial charge in [-0.15, -0.1) is 0 Å². The van der Waals surface area contributed by atoms with Gasteiger partial charge in [0.05, 0.1) is 30.8 Å². The minimum absolute atomic E-state index is 0.386. The molecule has 5 nitrogen and oxygen atoms in total. The number of rotatable bonds is 3. The van der Waals surface area contributed by atoms with Crippen LogP contribution in [0, 0.1) is 0 Å². The number of aromatic amines is 1. The van der Waals surface area contributed by atoms with Crippen molar-refractivity contribution in [3.8, 4) is 17.1 Å². The topological polar surface area (TPSA) is 64.2 Å². The molecule has 2 aromatic carbocycles. The second-order valence-corrected chi connectivity index (χ2v) is 4.51. The molecule has 1 heterocycles. The Morgan fingerprint density at radius 3 is 2.71 bits per heavy atom. The first-order valence-corrected chi connectivity index (χ1v) is 6.44. The summed E-state index contributed by atoms with van der Waals surface area (Å²) in [6, 6.07) is 12.8. The zero-order valence-corrected chi connectivity index (χ0v) is 11.7. The second-order valence-electron chi connectivity index (χ2n) is 4.51. The number of esters is 1. The number of imidazole rings is 1. The number of carbonyl (C=O) groups excluding carboxylic acids is 1. The van der Waals surface area contributed by atoms with Gasteiger partial charge in [0.2, 0.25) is 0 Å². The monoisotopic (exact) mass is 282 g/mol. The van der Waals surface area contributed by atoms with E-state index >= 15 is 0 Å². The Labute approximate surface area is 121 Å². The van der Waals surface area contributed by atoms with Gasteiger partial charge < -0.3 is 14.5 Å². The summed E-state index contributed by atoms with van der Waals surface area (Å²) in [5.74, 6) is 0.988. The van der Waals surface area contributed by atoms with Crippen molar-refractivity contribution in [3.05, 3.63) is 48.0 Å². The number of methoxy groups -OCH3 is 2. The Morgan fingerprint density at radius 1 is 1.14 bits per heavy atom. The average molecular weight is 282 g/mol. The fourth-order valence-corrected chi connectivity index (χ4v) is 2.22. The molecule has 1 aromatic heterocycles. The van der Waals surface area contributed by atoms with Crippen molar-refractivity contribution in [3.63, 3.8) is 0 Å². The average Bonchev–Trinajstić information content (AvgIpc) is 2.96. The molecule has 21 heavy (non-hydrogen) atoms. The van der Waals surface area contributed by atoms with E-state index in [0.717, 1.165) is 16.8 Å². The fraction of sp³-hybridized carbons (Fsp3) is 0.125. The zero-order valence-electron chi connectivity index (χ0n) is 11.7. The lowest BCUT2D eigenvalue weighted by molar-refractivity contribution is 0.0601. The van der Waals surface area contributed by atoms with Crippen LogP contribution in [-0.2, 0) is 4.74 Å². The first-order chi connectivity index (χ1) is 10.2. The Bertz CT molecular complexity index is 808. The van der Waals surface area contributed by atoms with Gasteiger partial charge in [-0.25, -0.2) is 9.78 Å². The van der Waals surface area contributed by atoms with E-state index in [4.69, 9.17) is 9.47 Å². The maximum Gasteiger partial charge on any atom is 0.338 e. The van der Waals surface area contributed by atoms with Gasteiger partial charge >= 0.3 is 5.97 Å². The number of ether oxygens (including phenoxy) is 2. The molecule has 0 unspecified atom stereocenters. The number of hydrogen-bond acceptors (Lipinski definition) is 4. The third-order valence-corrected chi connectivity index (χ3v) is 3.28. The number of aromatic nitrogens is 2. The van der Waals surface area contributed by atoms with Gasteiger partial charge in [-0.05, 0) is 18.2 Å². The molecule has 5 heteroatoms. The predicted molar refractivity (Wildman–Crippen MR) is 79.4 cm³/mol. The molecular weight excluding hydrogens is 268 g/mol. The maximum absolute atomic E-state index is 11.8. The summed E-state index contributed by atoms with van der Waals surface area (Å²) in [4.78, 5) is 19.6. The Kier molecular flexibility index (Phi) is 3.31. The summed E-state index contributed by atoms with van der Waals surface area (Å²) in [7, 11) is 2.98. The number of benzene rings is 2. The number of hydrogen-bond donors (Lipinski definition) is 1. The molecule has 1 N–H and O–H groups in total. The summed E-state index contributed by atoms with van der Waals surface area (Å²) >= 11 is 0. The molecule has 0 radical (unpaired) electrons. The second kappa shape index (κ2) is 5.28. The minimum atomic E-state index is -0.386. The van der Waals surface area contributed by atoms with Gasteiger partial charge in [-0.3, -0.25) is 0 Å². The summed E-state index contributed by atoms with van der Waals surface area (Å²) in [5, 5.41) is 0. The molecule has 0 aliphatic carbocycles. The minimum Gasteiger partial charge on any atom is -0.497 e. The van der Waals surface area contributed by atoms with Crippen LogP contribution < -0.4 is 4.74 Å². The van der Waals surface area contributed by atoms with Crippen LogP contribution in [-0.4, -0.2) is 30.2 Å². The van der Waals surface area contributed by atoms with Gasteiger partial charge in [0.1, 0.15) is 11.6 Å². The molecule has 3 aromatic rings. The van der Waals surface area contributed by atoms with Crippen LogP contribution in [0.25, 0.3) is 22.4 Å². The standard InChI is InChI=1S/C16H14N2O3/c1-20-10-7-8-13-14(9-10)18-15(17-13)11-5-3-4-6-12(11)16(19)21-2/h3-9H,1-2H3,(H,17,18). The molecule has 0 aliphatic heterocycles. The smallest absolute Gasteiger partial charge is 0.338 e. The molecule has 0 saturated heterocycles. The van der Waals surface area contributed by atoms with Crippen LogP contribution in [0.1, 0.15) is 10.4 Å². The van der Waals surface area contributed by atoms with Crippen molar-refractivity contribution in [1.29, 1.82) is 0 Å². The Balaban J connectivity index is 2.14. The Morgan fingerprint density at radius 2 is 1.95 bits per heavy atom. The number of carbonyl (C=O) groups is 1. The molecule has 0 fully saturated rings. The van der Waals surface area contributed by atoms with Crippen molar-refractivity contribution in [1.82, 2.24) is 9.97 Å². The predicted octanol–water partition coefficient (Wildman–Crippen LogP) is 3.03. The van der Waals surface area contributed by atoms with Crippen LogP contribution in [0.3, 0.4) is 0 Å². The lowest BCUT2D eigenvalue weighted by Crippen LogP contribution is -2.03. The molecule has 3 rings (SSSR count). The van der Waals surface area contributed by atoms with Crippen molar-refractivity contribution in [2.45, 2.75) is 0 Å². The van der Waals surface area contributed by atoms with Crippen LogP contribution in [0.5, 0.6) is 5.75 Å². The van der Waals surface area contributed by atoms with Gasteiger partial charge in [0.15, 0.2) is 0 Å². The van der Waals surface area contributed by atoms with Crippen molar-refractivity contribution in [2.24, 2.45) is 0 Å². The van der Waals surface area contributed by atoms with Crippen molar-refractivity contribution >= 4 is 17.0 Å². The van der Waals surface area contributed by atoms with Gasteiger partial charge in [0.25, 0.3) is 0 Å². The number of nitrogens with one attached hydrogen (secondary N) is 1. The normalized spacial score (nSPS) is 10.6. The summed E-state index contributed by atoms with van der Waals surface area (Å²) in [5.41, 5.74) is 2.85. The highest BCUT2D eigenvalue weighted by molar-refractivity contribution is 5.97. The number of fused-ring (bicyclic) bond motifs is 1. The van der Waals surface area contributed by atoms with Gasteiger partial charge in [-0.1, -0.05) is 18.2 Å². The molecule has 0 bridgehead atoms. The highest BCUT2D eigenvalue weighted by atomic mass is 16.5. The van der Waals surface area contributed by atoms with Crippen LogP contribution in [0.2, 0.25) is 0 Å². The van der Waals surface area contributed by atoms with Gasteiger partial charge in [0, 0.05) is 11.6 Å². The molecule has 0 saturated carbocycles. The quantitative estimate of drug-likeness (QED) is 0.750. The summed E-state index contributed by atoms with van der Waals surface area (Å²) in [6.45, 7) is 0. The van der Waals surface area contributed by atoms with E-state index < -0.39 is 0 Å². The SMILES string of the molecule is COC(=O)c1ccccc1-c1nc2ccc(OC)cc2[nH]1. The van der Waals surface area contributed by atoms with E-state index in [0.29, 0.717) is 17.0 Å². The molecule has 0 spiro atoms. The van der Waals surface area contributed by atoms with E-state index in [1.165, 1.54) is 7.11 Å². The molecule has 0 atom stereocenters. The van der Waals surface area contributed by atoms with Crippen LogP contribution in [0.15, 0.2) is 42.5 Å². The summed E-state index contributed by atoms with van der Waals surface area (Å²) in [6.07, 6.45) is 0. The van der Waals surface area contributed by atoms with Gasteiger partial charge in [-0.2, -0.15) is 0 Å². The molecule has 0 amide bonds. The van der Waals surface area contributed by atoms with Crippen molar-refractivity contribution < 1.29 is 14.3 Å². The van der Waals surface area contributed by atoms with Crippen LogP contribution >= 0.6 is 0 Å². The first kappa shape index (κ1) is 13.2. The third kappa shape index (κ3) is 2.33. The molecule has 106 valence electrons. The highest BCUT2D eigenvalue weighted by Gasteiger charge is 2.15. The van der Waals surface area contributed by atoms with E-state index in [-0.39, 0.29) is 5.97 Å². The zero-order chi connectivity index (χ0) is 14.8. The van der Waals surface area contributed by atoms with Crippen LogP contribution in [0.4, 0.5) is 0 Å². The van der Waals surface area contributed by atoms with E-state index in [1.807, 2.05) is 30.3 Å². The molecular formula is C16H14N2O3. The molecule has 0 aliphatic rings.